The van der Waals surface area contributed by atoms with Crippen LogP contribution in [0.2, 0.25) is 0 Å². The van der Waals surface area contributed by atoms with Crippen molar-refractivity contribution in [1.82, 2.24) is 4.98 Å². The highest BCUT2D eigenvalue weighted by Gasteiger charge is 2.13. The quantitative estimate of drug-likeness (QED) is 0.847. The molecule has 0 spiro atoms. The Morgan fingerprint density at radius 1 is 1.20 bits per heavy atom. The number of rotatable bonds is 4. The molecule has 2 rings (SSSR count). The Labute approximate surface area is 118 Å². The van der Waals surface area contributed by atoms with E-state index < -0.39 is 0 Å². The first-order chi connectivity index (χ1) is 9.65. The van der Waals surface area contributed by atoms with Gasteiger partial charge in [0.25, 0.3) is 0 Å². The monoisotopic (exact) mass is 268 g/mol. The smallest absolute Gasteiger partial charge is 0.237 e. The van der Waals surface area contributed by atoms with Gasteiger partial charge in [-0.1, -0.05) is 12.1 Å². The summed E-state index contributed by atoms with van der Waals surface area (Å²) >= 11 is 0. The Bertz CT molecular complexity index is 660. The first-order valence-corrected chi connectivity index (χ1v) is 6.43. The Hall–Kier alpha value is -2.54. The Kier molecular flexibility index (Phi) is 4.21. The molecule has 1 aromatic carbocycles. The van der Waals surface area contributed by atoms with Crippen LogP contribution in [-0.4, -0.2) is 11.6 Å². The number of aryl methyl sites for hydroxylation is 2. The summed E-state index contributed by atoms with van der Waals surface area (Å²) in [5, 5.41) is 9.24. The van der Waals surface area contributed by atoms with Gasteiger partial charge < -0.3 is 9.47 Å². The number of hydrogen-bond donors (Lipinski definition) is 0. The summed E-state index contributed by atoms with van der Waals surface area (Å²) in [7, 11) is 0. The summed E-state index contributed by atoms with van der Waals surface area (Å²) in [6, 6.07) is 11.3. The molecule has 0 radical (unpaired) electrons. The lowest BCUT2D eigenvalue weighted by atomic mass is 10.1. The molecule has 0 saturated heterocycles. The van der Waals surface area contributed by atoms with Crippen LogP contribution in [0.1, 0.15) is 23.7 Å². The second-order valence-corrected chi connectivity index (χ2v) is 4.35. The van der Waals surface area contributed by atoms with Gasteiger partial charge in [0.15, 0.2) is 11.5 Å². The van der Waals surface area contributed by atoms with Gasteiger partial charge in [-0.05, 0) is 44.5 Å². The number of ether oxygens (including phenoxy) is 2. The second kappa shape index (κ2) is 6.07. The molecule has 0 fully saturated rings. The molecule has 102 valence electrons. The number of pyridine rings is 1. The van der Waals surface area contributed by atoms with E-state index in [1.165, 1.54) is 0 Å². The number of para-hydroxylation sites is 2. The van der Waals surface area contributed by atoms with Gasteiger partial charge >= 0.3 is 0 Å². The van der Waals surface area contributed by atoms with E-state index in [-0.39, 0.29) is 0 Å². The van der Waals surface area contributed by atoms with Crippen LogP contribution in [0, 0.1) is 25.2 Å². The zero-order chi connectivity index (χ0) is 14.5. The van der Waals surface area contributed by atoms with Gasteiger partial charge in [0.2, 0.25) is 5.88 Å². The van der Waals surface area contributed by atoms with Gasteiger partial charge in [0.05, 0.1) is 6.61 Å². The van der Waals surface area contributed by atoms with Gasteiger partial charge in [-0.25, -0.2) is 4.98 Å². The molecule has 4 nitrogen and oxygen atoms in total. The minimum atomic E-state index is 0.317. The Morgan fingerprint density at radius 2 is 1.90 bits per heavy atom. The van der Waals surface area contributed by atoms with E-state index in [9.17, 15) is 5.26 Å². The molecule has 0 amide bonds. The van der Waals surface area contributed by atoms with Crippen LogP contribution in [0.15, 0.2) is 30.3 Å². The van der Waals surface area contributed by atoms with Crippen LogP contribution < -0.4 is 9.47 Å². The molecule has 0 saturated carbocycles. The average molecular weight is 268 g/mol. The number of hydrogen-bond acceptors (Lipinski definition) is 4. The summed E-state index contributed by atoms with van der Waals surface area (Å²) in [6.07, 6.45) is 0. The molecule has 4 heteroatoms. The molecule has 0 aliphatic heterocycles. The van der Waals surface area contributed by atoms with Gasteiger partial charge in [-0.2, -0.15) is 5.26 Å². The lowest BCUT2D eigenvalue weighted by molar-refractivity contribution is 0.319. The number of nitrogens with zero attached hydrogens (tertiary/aromatic N) is 2. The summed E-state index contributed by atoms with van der Waals surface area (Å²) in [5.74, 6) is 1.51. The molecule has 2 aromatic rings. The van der Waals surface area contributed by atoms with Crippen molar-refractivity contribution in [3.8, 4) is 23.4 Å². The maximum atomic E-state index is 9.24. The standard InChI is InChI=1S/C16H16N2O2/c1-4-19-14-7-5-6-8-15(14)20-16-13(10-17)11(2)9-12(3)18-16/h5-9H,4H2,1-3H3. The Morgan fingerprint density at radius 3 is 2.55 bits per heavy atom. The van der Waals surface area contributed by atoms with E-state index in [4.69, 9.17) is 9.47 Å². The lowest BCUT2D eigenvalue weighted by Gasteiger charge is -2.12. The third kappa shape index (κ3) is 2.89. The van der Waals surface area contributed by atoms with E-state index in [0.717, 1.165) is 11.3 Å². The van der Waals surface area contributed by atoms with Crippen molar-refractivity contribution < 1.29 is 9.47 Å². The fourth-order valence-electron chi connectivity index (χ4n) is 1.93. The number of aromatic nitrogens is 1. The summed E-state index contributed by atoms with van der Waals surface area (Å²) < 4.78 is 11.3. The van der Waals surface area contributed by atoms with E-state index in [2.05, 4.69) is 11.1 Å². The minimum absolute atomic E-state index is 0.317. The second-order valence-electron chi connectivity index (χ2n) is 4.35. The predicted octanol–water partition coefficient (Wildman–Crippen LogP) is 3.76. The summed E-state index contributed by atoms with van der Waals surface area (Å²) in [5.41, 5.74) is 2.11. The SMILES string of the molecule is CCOc1ccccc1Oc1nc(C)cc(C)c1C#N. The van der Waals surface area contributed by atoms with E-state index in [1.54, 1.807) is 6.07 Å². The average Bonchev–Trinajstić information content (AvgIpc) is 2.41. The minimum Gasteiger partial charge on any atom is -0.490 e. The molecular formula is C16H16N2O2. The molecule has 0 N–H and O–H groups in total. The molecule has 1 heterocycles. The van der Waals surface area contributed by atoms with Crippen molar-refractivity contribution in [2.45, 2.75) is 20.8 Å². The highest BCUT2D eigenvalue weighted by atomic mass is 16.5. The van der Waals surface area contributed by atoms with Gasteiger partial charge in [-0.15, -0.1) is 0 Å². The molecule has 0 aliphatic carbocycles. The molecule has 0 bridgehead atoms. The van der Waals surface area contributed by atoms with Crippen LogP contribution in [0.25, 0.3) is 0 Å². The largest absolute Gasteiger partial charge is 0.490 e. The molecule has 0 aliphatic rings. The Balaban J connectivity index is 2.43. The maximum absolute atomic E-state index is 9.24. The van der Waals surface area contributed by atoms with E-state index >= 15 is 0 Å². The topological polar surface area (TPSA) is 55.1 Å². The molecular weight excluding hydrogens is 252 g/mol. The summed E-state index contributed by atoms with van der Waals surface area (Å²) in [4.78, 5) is 4.30. The number of benzene rings is 1. The third-order valence-corrected chi connectivity index (χ3v) is 2.78. The maximum Gasteiger partial charge on any atom is 0.237 e. The lowest BCUT2D eigenvalue weighted by Crippen LogP contribution is -1.99. The van der Waals surface area contributed by atoms with Gasteiger partial charge in [0, 0.05) is 5.69 Å². The van der Waals surface area contributed by atoms with Crippen LogP contribution in [0.4, 0.5) is 0 Å². The van der Waals surface area contributed by atoms with Crippen molar-refractivity contribution in [2.24, 2.45) is 0 Å². The molecule has 1 aromatic heterocycles. The van der Waals surface area contributed by atoms with Crippen LogP contribution in [0.5, 0.6) is 17.4 Å². The predicted molar refractivity (Wildman–Crippen MR) is 76.1 cm³/mol. The third-order valence-electron chi connectivity index (χ3n) is 2.78. The highest BCUT2D eigenvalue weighted by Crippen LogP contribution is 2.32. The van der Waals surface area contributed by atoms with Crippen molar-refractivity contribution in [3.63, 3.8) is 0 Å². The van der Waals surface area contributed by atoms with Crippen LogP contribution in [0.3, 0.4) is 0 Å². The first kappa shape index (κ1) is 13.9. The molecule has 0 atom stereocenters. The zero-order valence-corrected chi connectivity index (χ0v) is 11.8. The summed E-state index contributed by atoms with van der Waals surface area (Å²) in [6.45, 7) is 6.20. The van der Waals surface area contributed by atoms with E-state index in [1.807, 2.05) is 45.0 Å². The van der Waals surface area contributed by atoms with Gasteiger partial charge in [0.1, 0.15) is 11.6 Å². The van der Waals surface area contributed by atoms with Crippen molar-refractivity contribution >= 4 is 0 Å². The van der Waals surface area contributed by atoms with Crippen LogP contribution in [-0.2, 0) is 0 Å². The number of nitriles is 1. The molecule has 20 heavy (non-hydrogen) atoms. The fraction of sp³-hybridized carbons (Fsp3) is 0.250. The van der Waals surface area contributed by atoms with Gasteiger partial charge in [-0.3, -0.25) is 0 Å². The van der Waals surface area contributed by atoms with Crippen molar-refractivity contribution in [3.05, 3.63) is 47.2 Å². The highest BCUT2D eigenvalue weighted by molar-refractivity contribution is 5.49. The van der Waals surface area contributed by atoms with E-state index in [0.29, 0.717) is 29.5 Å². The zero-order valence-electron chi connectivity index (χ0n) is 11.8. The molecule has 0 unspecified atom stereocenters. The van der Waals surface area contributed by atoms with Crippen molar-refractivity contribution in [1.29, 1.82) is 5.26 Å². The normalized spacial score (nSPS) is 9.90. The fourth-order valence-corrected chi connectivity index (χ4v) is 1.93. The van der Waals surface area contributed by atoms with Crippen LogP contribution >= 0.6 is 0 Å². The first-order valence-electron chi connectivity index (χ1n) is 6.43. The van der Waals surface area contributed by atoms with Crippen molar-refractivity contribution in [2.75, 3.05) is 6.61 Å².